The number of rotatable bonds is 7. The average Bonchev–Trinajstić information content (AvgIpc) is 2.74. The van der Waals surface area contributed by atoms with Crippen molar-refractivity contribution < 1.29 is 9.13 Å². The maximum Gasteiger partial charge on any atom is 0.129 e. The summed E-state index contributed by atoms with van der Waals surface area (Å²) in [4.78, 5) is 4.05. The summed E-state index contributed by atoms with van der Waals surface area (Å²) >= 11 is 0. The lowest BCUT2D eigenvalue weighted by molar-refractivity contribution is 0.296. The molecular weight excluding hydrogens is 351 g/mol. The van der Waals surface area contributed by atoms with Crippen molar-refractivity contribution in [1.29, 1.82) is 0 Å². The smallest absolute Gasteiger partial charge is 0.129 e. The van der Waals surface area contributed by atoms with Gasteiger partial charge in [-0.05, 0) is 40.6 Å². The van der Waals surface area contributed by atoms with Crippen LogP contribution in [-0.4, -0.2) is 4.98 Å². The normalized spacial score (nSPS) is 10.9. The van der Waals surface area contributed by atoms with Crippen LogP contribution in [0.3, 0.4) is 0 Å². The number of hydrogen-bond acceptors (Lipinski definition) is 3. The summed E-state index contributed by atoms with van der Waals surface area (Å²) in [5, 5.41) is 5.77. The number of halogens is 1. The van der Waals surface area contributed by atoms with E-state index in [-0.39, 0.29) is 12.4 Å². The summed E-state index contributed by atoms with van der Waals surface area (Å²) in [6, 6.07) is 22.9. The first-order valence-corrected chi connectivity index (χ1v) is 9.28. The molecule has 3 nitrogen and oxygen atoms in total. The molecule has 4 aromatic rings. The van der Waals surface area contributed by atoms with Crippen LogP contribution in [0.4, 0.5) is 4.39 Å². The third-order valence-electron chi connectivity index (χ3n) is 4.72. The van der Waals surface area contributed by atoms with Crippen LogP contribution in [0.1, 0.15) is 16.7 Å². The maximum absolute atomic E-state index is 13.9. The summed E-state index contributed by atoms with van der Waals surface area (Å²) in [7, 11) is 0. The third kappa shape index (κ3) is 4.18. The van der Waals surface area contributed by atoms with E-state index in [0.29, 0.717) is 12.1 Å². The molecule has 0 aliphatic rings. The molecule has 4 heteroatoms. The van der Waals surface area contributed by atoms with Crippen LogP contribution >= 0.6 is 0 Å². The second-order valence-electron chi connectivity index (χ2n) is 6.60. The molecule has 3 aromatic carbocycles. The van der Waals surface area contributed by atoms with Gasteiger partial charge in [-0.3, -0.25) is 4.98 Å². The Morgan fingerprint density at radius 2 is 1.61 bits per heavy atom. The highest BCUT2D eigenvalue weighted by molar-refractivity contribution is 5.87. The predicted molar refractivity (Wildman–Crippen MR) is 109 cm³/mol. The first kappa shape index (κ1) is 18.1. The summed E-state index contributed by atoms with van der Waals surface area (Å²) in [6.07, 6.45) is 3.58. The standard InChI is InChI=1S/C24H21FN2O/c25-23-8-4-2-6-20(23)17-28-24-10-9-19-5-1-3-7-21(19)22(24)16-27-15-18-11-13-26-14-12-18/h1-14,27H,15-17H2. The minimum absolute atomic E-state index is 0.197. The fourth-order valence-corrected chi connectivity index (χ4v) is 3.24. The Kier molecular flexibility index (Phi) is 5.59. The second kappa shape index (κ2) is 8.63. The lowest BCUT2D eigenvalue weighted by Crippen LogP contribution is -2.14. The van der Waals surface area contributed by atoms with Crippen molar-refractivity contribution in [3.8, 4) is 5.75 Å². The molecule has 0 aliphatic carbocycles. The van der Waals surface area contributed by atoms with Crippen molar-refractivity contribution in [2.24, 2.45) is 0 Å². The number of fused-ring (bicyclic) bond motifs is 1. The zero-order chi connectivity index (χ0) is 19.2. The Bertz CT molecular complexity index is 1070. The van der Waals surface area contributed by atoms with E-state index in [0.717, 1.165) is 28.6 Å². The van der Waals surface area contributed by atoms with E-state index in [9.17, 15) is 4.39 Å². The topological polar surface area (TPSA) is 34.1 Å². The minimum Gasteiger partial charge on any atom is -0.488 e. The first-order chi connectivity index (χ1) is 13.8. The Morgan fingerprint density at radius 3 is 2.46 bits per heavy atom. The number of benzene rings is 3. The summed E-state index contributed by atoms with van der Waals surface area (Å²) in [6.45, 7) is 1.58. The van der Waals surface area contributed by atoms with E-state index < -0.39 is 0 Å². The first-order valence-electron chi connectivity index (χ1n) is 9.28. The van der Waals surface area contributed by atoms with Gasteiger partial charge in [-0.1, -0.05) is 48.5 Å². The van der Waals surface area contributed by atoms with Gasteiger partial charge >= 0.3 is 0 Å². The number of nitrogens with one attached hydrogen (secondary N) is 1. The predicted octanol–water partition coefficient (Wildman–Crippen LogP) is 5.24. The van der Waals surface area contributed by atoms with Gasteiger partial charge in [0.1, 0.15) is 18.2 Å². The van der Waals surface area contributed by atoms with E-state index in [1.807, 2.05) is 42.5 Å². The lowest BCUT2D eigenvalue weighted by Gasteiger charge is -2.15. The molecule has 1 aromatic heterocycles. The minimum atomic E-state index is -0.249. The van der Waals surface area contributed by atoms with Crippen LogP contribution in [-0.2, 0) is 19.7 Å². The highest BCUT2D eigenvalue weighted by Gasteiger charge is 2.10. The highest BCUT2D eigenvalue weighted by Crippen LogP contribution is 2.29. The van der Waals surface area contributed by atoms with Crippen molar-refractivity contribution in [3.63, 3.8) is 0 Å². The molecule has 0 saturated heterocycles. The van der Waals surface area contributed by atoms with Gasteiger partial charge < -0.3 is 10.1 Å². The van der Waals surface area contributed by atoms with E-state index in [1.54, 1.807) is 24.5 Å². The van der Waals surface area contributed by atoms with E-state index in [1.165, 1.54) is 11.6 Å². The summed E-state index contributed by atoms with van der Waals surface area (Å²) in [5.74, 6) is 0.518. The number of hydrogen-bond donors (Lipinski definition) is 1. The molecular formula is C24H21FN2O. The van der Waals surface area contributed by atoms with Gasteiger partial charge in [0.05, 0.1) is 0 Å². The van der Waals surface area contributed by atoms with Crippen molar-refractivity contribution in [2.45, 2.75) is 19.7 Å². The van der Waals surface area contributed by atoms with Crippen LogP contribution in [0.25, 0.3) is 10.8 Å². The van der Waals surface area contributed by atoms with Crippen LogP contribution in [0, 0.1) is 5.82 Å². The molecule has 0 fully saturated rings. The molecule has 4 rings (SSSR count). The van der Waals surface area contributed by atoms with Crippen LogP contribution in [0.5, 0.6) is 5.75 Å². The van der Waals surface area contributed by atoms with Gasteiger partial charge in [0.25, 0.3) is 0 Å². The zero-order valence-corrected chi connectivity index (χ0v) is 15.4. The van der Waals surface area contributed by atoms with Crippen LogP contribution < -0.4 is 10.1 Å². The van der Waals surface area contributed by atoms with Gasteiger partial charge in [0, 0.05) is 36.6 Å². The van der Waals surface area contributed by atoms with E-state index >= 15 is 0 Å². The van der Waals surface area contributed by atoms with Gasteiger partial charge in [-0.15, -0.1) is 0 Å². The van der Waals surface area contributed by atoms with Crippen molar-refractivity contribution in [1.82, 2.24) is 10.3 Å². The molecule has 1 N–H and O–H groups in total. The molecule has 28 heavy (non-hydrogen) atoms. The fraction of sp³-hybridized carbons (Fsp3) is 0.125. The van der Waals surface area contributed by atoms with Gasteiger partial charge in [-0.25, -0.2) is 4.39 Å². The molecule has 0 bridgehead atoms. The van der Waals surface area contributed by atoms with Crippen LogP contribution in [0.15, 0.2) is 85.2 Å². The molecule has 0 atom stereocenters. The lowest BCUT2D eigenvalue weighted by atomic mass is 10.0. The molecule has 0 radical (unpaired) electrons. The Balaban J connectivity index is 1.56. The van der Waals surface area contributed by atoms with Crippen molar-refractivity contribution in [2.75, 3.05) is 0 Å². The van der Waals surface area contributed by atoms with Crippen molar-refractivity contribution >= 4 is 10.8 Å². The molecule has 0 amide bonds. The molecule has 0 saturated carbocycles. The second-order valence-corrected chi connectivity index (χ2v) is 6.60. The number of aromatic nitrogens is 1. The molecule has 140 valence electrons. The quantitative estimate of drug-likeness (QED) is 0.482. The average molecular weight is 372 g/mol. The van der Waals surface area contributed by atoms with Gasteiger partial charge in [0.2, 0.25) is 0 Å². The SMILES string of the molecule is Fc1ccccc1COc1ccc2ccccc2c1CNCc1ccncc1. The number of ether oxygens (including phenoxy) is 1. The Labute approximate surface area is 163 Å². The maximum atomic E-state index is 13.9. The van der Waals surface area contributed by atoms with E-state index in [2.05, 4.69) is 22.4 Å². The van der Waals surface area contributed by atoms with Crippen LogP contribution in [0.2, 0.25) is 0 Å². The molecule has 0 aliphatic heterocycles. The largest absolute Gasteiger partial charge is 0.488 e. The Morgan fingerprint density at radius 1 is 0.821 bits per heavy atom. The molecule has 0 spiro atoms. The van der Waals surface area contributed by atoms with Crippen molar-refractivity contribution in [3.05, 3.63) is 108 Å². The highest BCUT2D eigenvalue weighted by atomic mass is 19.1. The Hall–Kier alpha value is -3.24. The zero-order valence-electron chi connectivity index (χ0n) is 15.4. The summed E-state index contributed by atoms with van der Waals surface area (Å²) < 4.78 is 20.0. The van der Waals surface area contributed by atoms with Gasteiger partial charge in [0.15, 0.2) is 0 Å². The monoisotopic (exact) mass is 372 g/mol. The number of pyridine rings is 1. The molecule has 0 unspecified atom stereocenters. The van der Waals surface area contributed by atoms with E-state index in [4.69, 9.17) is 4.74 Å². The summed E-state index contributed by atoms with van der Waals surface area (Å²) in [5.41, 5.74) is 2.79. The fourth-order valence-electron chi connectivity index (χ4n) is 3.24. The molecule has 1 heterocycles. The third-order valence-corrected chi connectivity index (χ3v) is 4.72. The number of nitrogens with zero attached hydrogens (tertiary/aromatic N) is 1. The van der Waals surface area contributed by atoms with Gasteiger partial charge in [-0.2, -0.15) is 0 Å².